The van der Waals surface area contributed by atoms with Gasteiger partial charge in [-0.25, -0.2) is 39.9 Å². The summed E-state index contributed by atoms with van der Waals surface area (Å²) in [5.74, 6) is -11.7. The molecule has 7 aliphatic carbocycles. The molecule has 1 amide bonds. The molecule has 0 bridgehead atoms. The number of halogens is 11. The van der Waals surface area contributed by atoms with Crippen LogP contribution in [0.15, 0.2) is 164 Å². The molecule has 15 nitrogen and oxygen atoms in total. The second kappa shape index (κ2) is 38.0. The number of anilines is 2. The molecular weight excluding hydrogens is 1710 g/mol. The summed E-state index contributed by atoms with van der Waals surface area (Å²) >= 11 is 7.14. The average molecular weight is 1800 g/mol. The first-order valence-corrected chi connectivity index (χ1v) is 42.8. The van der Waals surface area contributed by atoms with E-state index in [4.69, 9.17) is 14.6 Å². The minimum absolute atomic E-state index is 0.00894. The maximum Gasteiger partial charge on any atom is 0.335 e. The van der Waals surface area contributed by atoms with Crippen molar-refractivity contribution in [2.45, 2.75) is 151 Å². The summed E-state index contributed by atoms with van der Waals surface area (Å²) in [7, 11) is 0. The van der Waals surface area contributed by atoms with E-state index in [2.05, 4.69) is 66.8 Å². The number of nitrogens with one attached hydrogen (secondary N) is 1. The van der Waals surface area contributed by atoms with Gasteiger partial charge in [0.05, 0.1) is 34.3 Å². The summed E-state index contributed by atoms with van der Waals surface area (Å²) in [6.07, 6.45) is 6.51. The minimum atomic E-state index is -2.88. The molecule has 0 saturated carbocycles. The molecule has 1 unspecified atom stereocenters. The van der Waals surface area contributed by atoms with Gasteiger partial charge in [-0.1, -0.05) is 101 Å². The highest BCUT2D eigenvalue weighted by atomic mass is 79.9. The van der Waals surface area contributed by atoms with Gasteiger partial charge < -0.3 is 29.9 Å². The highest BCUT2D eigenvalue weighted by Crippen LogP contribution is 2.59. The molecule has 18 rings (SSSR count). The van der Waals surface area contributed by atoms with Crippen LogP contribution in [0.3, 0.4) is 0 Å². The highest BCUT2D eigenvalue weighted by Gasteiger charge is 2.48. The standard InChI is InChI=1S/C28H29F2N3O4.C13H14OS2.C11H9BrF2O.C11H10F2O.C11H8F2O.C11H10O2.C10H8F2O2/c1-18-2-4-22(31-27(35)20-3-5-24-19(14-20)6-7-28(24,29)30)17-23(18)21-15-25(33-8-11-36-12-9-33)32-26(16-21)37-13-10-34;1-9(14)10-2-3-12-11(8-10)4-5-13(12)15-6-7-16-13;1-6(15)7-2-3-9-8(4-7)5-10(12)11(9,13)14;2*1-7(14)8-2-3-10-9(6-8)4-5-11(10,12)13;1-7(12)8-2-4-10-9(6-8)3-5-11(10)13;11-10(12)4-3-6-5-7(9(13)14)1-2-8(6)10/h2-5,14-17,34H,6-13H2,1H3,(H,31,35);2-3,8H,4-7H2,1H3;2-4,10H,5H2,1H3;2-3,6H,4-5H2,1H3;2-6H,1H3;2,4,6H,3,5H2,1H3;1-2,5H,3-4H2,(H,13,14). The number of amides is 1. The third-order valence-electron chi connectivity index (χ3n) is 22.6. The van der Waals surface area contributed by atoms with Crippen molar-refractivity contribution in [3.63, 3.8) is 0 Å². The van der Waals surface area contributed by atoms with E-state index in [1.54, 1.807) is 44.2 Å². The Labute approximate surface area is 721 Å². The molecule has 1 atom stereocenters. The predicted octanol–water partition coefficient (Wildman–Crippen LogP) is 21.7. The molecule has 3 heterocycles. The number of carboxylic acid groups (broad SMARTS) is 1. The Morgan fingerprint density at radius 1 is 0.512 bits per heavy atom. The van der Waals surface area contributed by atoms with E-state index in [-0.39, 0.29) is 126 Å². The number of ether oxygens (including phenoxy) is 2. The number of alkyl halides is 11. The Hall–Kier alpha value is -10.4. The Morgan fingerprint density at radius 3 is 1.50 bits per heavy atom. The molecule has 3 N–H and O–H groups in total. The summed E-state index contributed by atoms with van der Waals surface area (Å²) in [4.78, 5) is 96.2. The number of aromatic carboxylic acids is 1. The van der Waals surface area contributed by atoms with Crippen molar-refractivity contribution in [1.82, 2.24) is 4.98 Å². The number of aryl methyl sites for hydroxylation is 6. The quantitative estimate of drug-likeness (QED) is 0.0554. The Morgan fingerprint density at radius 2 is 0.967 bits per heavy atom. The maximum atomic E-state index is 14.0. The second-order valence-corrected chi connectivity index (χ2v) is 35.2. The summed E-state index contributed by atoms with van der Waals surface area (Å²) < 4.78 is 145. The number of Topliss-reactive ketones (excluding diaryl/α,β-unsaturated/α-hetero) is 6. The van der Waals surface area contributed by atoms with Crippen LogP contribution < -0.4 is 15.0 Å². The molecule has 9 aromatic rings. The normalized spacial score (nSPS) is 18.0. The van der Waals surface area contributed by atoms with Crippen molar-refractivity contribution in [2.75, 3.05) is 61.2 Å². The first-order chi connectivity index (χ1) is 58.2. The maximum absolute atomic E-state index is 14.0. The fourth-order valence-corrected chi connectivity index (χ4v) is 19.8. The number of fused-ring (bicyclic) bond motifs is 8. The molecule has 2 saturated heterocycles. The summed E-state index contributed by atoms with van der Waals surface area (Å²) in [5.41, 5.74) is 14.1. The van der Waals surface area contributed by atoms with E-state index in [0.29, 0.717) is 110 Å². The molecule has 0 radical (unpaired) electrons. The number of allylic oxidation sites excluding steroid dienone is 1. The number of benzene rings is 8. The van der Waals surface area contributed by atoms with Crippen molar-refractivity contribution in [3.05, 3.63) is 286 Å². The molecule has 644 valence electrons. The van der Waals surface area contributed by atoms with Gasteiger partial charge >= 0.3 is 5.97 Å². The molecule has 2 fully saturated rings. The molecule has 2 aliphatic heterocycles. The smallest absolute Gasteiger partial charge is 0.335 e. The van der Waals surface area contributed by atoms with Crippen LogP contribution in [-0.4, -0.2) is 118 Å². The van der Waals surface area contributed by atoms with Gasteiger partial charge in [0.15, 0.2) is 34.7 Å². The van der Waals surface area contributed by atoms with E-state index in [0.717, 1.165) is 58.1 Å². The van der Waals surface area contributed by atoms with Crippen LogP contribution >= 0.6 is 39.5 Å². The van der Waals surface area contributed by atoms with Crippen LogP contribution in [0.1, 0.15) is 227 Å². The number of carboxylic acids is 1. The molecule has 1 aromatic heterocycles. The van der Waals surface area contributed by atoms with Crippen LogP contribution in [0, 0.1) is 6.92 Å². The average Bonchev–Trinajstić information content (AvgIpc) is 1.61. The van der Waals surface area contributed by atoms with Crippen LogP contribution in [0.4, 0.5) is 55.4 Å². The van der Waals surface area contributed by atoms with Crippen molar-refractivity contribution >= 4 is 104 Å². The topological polar surface area (TPSA) is 224 Å². The molecule has 123 heavy (non-hydrogen) atoms. The van der Waals surface area contributed by atoms with E-state index in [1.165, 1.54) is 129 Å². The van der Waals surface area contributed by atoms with E-state index < -0.39 is 40.4 Å². The second-order valence-electron chi connectivity index (χ2n) is 31.1. The number of aliphatic hydroxyl groups excluding tert-OH is 1. The zero-order valence-electron chi connectivity index (χ0n) is 68.0. The number of hydrogen-bond donors (Lipinski definition) is 3. The summed E-state index contributed by atoms with van der Waals surface area (Å²) in [5, 5.41) is 20.8. The van der Waals surface area contributed by atoms with Gasteiger partial charge in [0, 0.05) is 129 Å². The number of ketones is 6. The first-order valence-electron chi connectivity index (χ1n) is 39.9. The number of morpholine rings is 1. The van der Waals surface area contributed by atoms with Crippen molar-refractivity contribution in [3.8, 4) is 17.0 Å². The van der Waals surface area contributed by atoms with Gasteiger partial charge in [-0.05, 0) is 227 Å². The number of aromatic nitrogens is 1. The number of rotatable bonds is 13. The van der Waals surface area contributed by atoms with Crippen LogP contribution in [0.2, 0.25) is 0 Å². The number of carbonyl (C=O) groups excluding carboxylic acids is 7. The number of carbonyl (C=O) groups is 8. The SMILES string of the molecule is CC(=O)c1ccc2c(c1)C=CC2(F)F.CC(=O)c1ccc2c(c1)CC(Br)C2(F)F.CC(=O)c1ccc2c(c1)CCC2(F)F.CC(=O)c1ccc2c(c1)CCC21SCCS1.CC(=O)c1ccc2c(c1)CCC2=O.Cc1ccc(NC(=O)c2ccc3c(c2)CCC3(F)F)cc1-c1cc(OCCO)nc(N2CCOCC2)c1.O=C(O)c1ccc2c(c1)CCC2(F)F. The zero-order chi connectivity index (χ0) is 88.8. The number of nitrogens with zero attached hydrogens (tertiary/aromatic N) is 2. The number of hydrogen-bond acceptors (Lipinski definition) is 15. The number of thioether (sulfide) groups is 2. The van der Waals surface area contributed by atoms with Gasteiger partial charge in [-0.3, -0.25) is 33.6 Å². The molecule has 1 spiro atoms. The van der Waals surface area contributed by atoms with Gasteiger partial charge in [-0.15, -0.1) is 23.5 Å². The zero-order valence-corrected chi connectivity index (χ0v) is 71.2. The Balaban J connectivity index is 0.000000137. The van der Waals surface area contributed by atoms with E-state index in [9.17, 15) is 87.4 Å². The Bertz CT molecular complexity index is 5580. The van der Waals surface area contributed by atoms with Crippen molar-refractivity contribution in [2.24, 2.45) is 0 Å². The first kappa shape index (κ1) is 91.8. The fourth-order valence-electron chi connectivity index (χ4n) is 15.8. The van der Waals surface area contributed by atoms with E-state index >= 15 is 0 Å². The number of pyridine rings is 1. The van der Waals surface area contributed by atoms with E-state index in [1.807, 2.05) is 49.4 Å². The third kappa shape index (κ3) is 21.2. The van der Waals surface area contributed by atoms with Crippen LogP contribution in [-0.2, 0) is 77.0 Å². The van der Waals surface area contributed by atoms with Gasteiger partial charge in [0.2, 0.25) is 5.88 Å². The molecule has 9 aliphatic rings. The van der Waals surface area contributed by atoms with Gasteiger partial charge in [0.1, 0.15) is 12.4 Å². The summed E-state index contributed by atoms with van der Waals surface area (Å²) in [6, 6.07) is 42.2. The minimum Gasteiger partial charge on any atom is -0.478 e. The lowest BCUT2D eigenvalue weighted by molar-refractivity contribution is -0.00242. The number of aliphatic hydroxyl groups is 1. The molecule has 8 aromatic carbocycles. The van der Waals surface area contributed by atoms with Crippen LogP contribution in [0.5, 0.6) is 5.88 Å². The lowest BCUT2D eigenvalue weighted by Gasteiger charge is -2.28. The lowest BCUT2D eigenvalue weighted by Crippen LogP contribution is -2.36. The third-order valence-corrected chi connectivity index (χ3v) is 27.1. The Kier molecular flexibility index (Phi) is 28.3. The molecule has 28 heteroatoms. The van der Waals surface area contributed by atoms with Crippen LogP contribution in [0.25, 0.3) is 17.2 Å². The molecular formula is C95H88BrF10N3O12S2. The lowest BCUT2D eigenvalue weighted by atomic mass is 10.00. The summed E-state index contributed by atoms with van der Waals surface area (Å²) in [6.45, 7) is 12.1. The van der Waals surface area contributed by atoms with Crippen molar-refractivity contribution < 1.29 is 102 Å². The fraction of sp³-hybridized carbons (Fsp3) is 0.337. The van der Waals surface area contributed by atoms with Gasteiger partial charge in [0.25, 0.3) is 35.5 Å². The monoisotopic (exact) mass is 1800 g/mol. The van der Waals surface area contributed by atoms with Gasteiger partial charge in [-0.2, -0.15) is 13.8 Å². The predicted molar refractivity (Wildman–Crippen MR) is 458 cm³/mol. The largest absolute Gasteiger partial charge is 0.478 e. The van der Waals surface area contributed by atoms with Crippen molar-refractivity contribution in [1.29, 1.82) is 0 Å². The highest BCUT2D eigenvalue weighted by molar-refractivity contribution is 9.09.